The van der Waals surface area contributed by atoms with Crippen molar-refractivity contribution in [3.8, 4) is 50.4 Å². The predicted molar refractivity (Wildman–Crippen MR) is 349 cm³/mol. The molecule has 13 aromatic carbocycles. The van der Waals surface area contributed by atoms with Crippen molar-refractivity contribution in [2.45, 2.75) is 0 Å². The van der Waals surface area contributed by atoms with Gasteiger partial charge >= 0.3 is 0 Å². The smallest absolute Gasteiger partial charge is 0.179 e. The molecule has 16 rings (SSSR count). The summed E-state index contributed by atoms with van der Waals surface area (Å²) in [6.07, 6.45) is 0. The monoisotopic (exact) mass is 1060 g/mol. The number of aromatic nitrogens is 3. The molecular formula is C78H53N3Si. The topological polar surface area (TPSA) is 14.8 Å². The van der Waals surface area contributed by atoms with Gasteiger partial charge in [-0.3, -0.25) is 0 Å². The first kappa shape index (κ1) is 47.5. The van der Waals surface area contributed by atoms with Crippen LogP contribution in [0.4, 0.5) is 0 Å². The summed E-state index contributed by atoms with van der Waals surface area (Å²) in [7, 11) is -3.06. The van der Waals surface area contributed by atoms with E-state index >= 15 is 0 Å². The third-order valence-electron chi connectivity index (χ3n) is 17.2. The highest BCUT2D eigenvalue weighted by atomic mass is 28.3. The highest BCUT2D eigenvalue weighted by Gasteiger charge is 2.42. The molecule has 0 unspecified atom stereocenters. The summed E-state index contributed by atoms with van der Waals surface area (Å²) in [6, 6.07) is 120. The lowest BCUT2D eigenvalue weighted by atomic mass is 10.0. The highest BCUT2D eigenvalue weighted by molar-refractivity contribution is 7.20. The van der Waals surface area contributed by atoms with Gasteiger partial charge in [-0.2, -0.15) is 0 Å². The van der Waals surface area contributed by atoms with Crippen LogP contribution in [0.25, 0.3) is 116 Å². The third kappa shape index (κ3) is 7.57. The Morgan fingerprint density at radius 3 is 0.951 bits per heavy atom. The number of hydrogen-bond acceptors (Lipinski definition) is 0. The second-order valence-corrected chi connectivity index (χ2v) is 25.4. The molecule has 0 saturated heterocycles. The second-order valence-electron chi connectivity index (χ2n) is 21.6. The summed E-state index contributed by atoms with van der Waals surface area (Å²) in [4.78, 5) is 0. The fraction of sp³-hybridized carbons (Fsp3) is 0. The maximum Gasteiger partial charge on any atom is 0.179 e. The van der Waals surface area contributed by atoms with Gasteiger partial charge in [-0.25, -0.2) is 0 Å². The van der Waals surface area contributed by atoms with Gasteiger partial charge in [0.1, 0.15) is 0 Å². The minimum absolute atomic E-state index is 1.09. The molecule has 0 bridgehead atoms. The lowest BCUT2D eigenvalue weighted by molar-refractivity contribution is 1.13. The molecule has 0 saturated carbocycles. The predicted octanol–water partition coefficient (Wildman–Crippen LogP) is 17.4. The third-order valence-corrected chi connectivity index (χ3v) is 21.9. The van der Waals surface area contributed by atoms with Crippen molar-refractivity contribution < 1.29 is 0 Å². The zero-order valence-electron chi connectivity index (χ0n) is 44.9. The first-order valence-electron chi connectivity index (χ1n) is 28.3. The number of para-hydroxylation sites is 5. The van der Waals surface area contributed by atoms with Gasteiger partial charge in [0, 0.05) is 49.4 Å². The number of benzene rings is 13. The molecule has 3 aromatic heterocycles. The van der Waals surface area contributed by atoms with Gasteiger partial charge < -0.3 is 13.7 Å². The van der Waals surface area contributed by atoms with Crippen LogP contribution >= 0.6 is 0 Å². The fourth-order valence-corrected chi connectivity index (χ4v) is 18.3. The van der Waals surface area contributed by atoms with Gasteiger partial charge in [0.25, 0.3) is 0 Å². The lowest BCUT2D eigenvalue weighted by Gasteiger charge is -2.35. The molecular weight excluding hydrogens is 1010 g/mol. The van der Waals surface area contributed by atoms with Crippen LogP contribution in [0.5, 0.6) is 0 Å². The molecule has 0 atom stereocenters. The Kier molecular flexibility index (Phi) is 11.2. The average Bonchev–Trinajstić information content (AvgIpc) is 4.33. The molecule has 0 N–H and O–H groups in total. The molecule has 0 aliphatic heterocycles. The van der Waals surface area contributed by atoms with Gasteiger partial charge in [-0.15, -0.1) is 0 Å². The standard InChI is InChI=1S/C78H53N3Si/c1-4-22-54(23-5-1)57-26-20-30-65(50-57)82(63-28-8-3-9-29-63,66-31-21-27-58(51-66)55-24-6-2-7-25-55)64-45-42-56(43-46-64)59-48-61(80-75-39-17-12-34-69(75)70-35-13-18-40-76(70)80)52-62(49-59)81-77-41-19-14-36-71(77)72-47-44-60(53-78(72)81)79-73-37-15-10-32-67(73)68-33-11-16-38-74(68)79/h1-53H. The molecule has 0 fully saturated rings. The van der Waals surface area contributed by atoms with E-state index < -0.39 is 8.07 Å². The zero-order valence-corrected chi connectivity index (χ0v) is 45.9. The summed E-state index contributed by atoms with van der Waals surface area (Å²) in [5.41, 5.74) is 17.5. The molecule has 82 heavy (non-hydrogen) atoms. The van der Waals surface area contributed by atoms with E-state index in [0.717, 1.165) is 39.2 Å². The largest absolute Gasteiger partial charge is 0.309 e. The molecule has 0 spiro atoms. The van der Waals surface area contributed by atoms with Crippen molar-refractivity contribution in [1.29, 1.82) is 0 Å². The minimum Gasteiger partial charge on any atom is -0.309 e. The summed E-state index contributed by atoms with van der Waals surface area (Å²) in [5, 5.41) is 12.7. The van der Waals surface area contributed by atoms with Crippen LogP contribution in [0.15, 0.2) is 322 Å². The first-order chi connectivity index (χ1) is 40.7. The van der Waals surface area contributed by atoms with Crippen LogP contribution in [-0.2, 0) is 0 Å². The highest BCUT2D eigenvalue weighted by Crippen LogP contribution is 2.40. The normalized spacial score (nSPS) is 11.9. The van der Waals surface area contributed by atoms with E-state index in [2.05, 4.69) is 335 Å². The Morgan fingerprint density at radius 1 is 0.171 bits per heavy atom. The van der Waals surface area contributed by atoms with E-state index in [1.54, 1.807) is 0 Å². The molecule has 3 nitrogen and oxygen atoms in total. The minimum atomic E-state index is -3.06. The summed E-state index contributed by atoms with van der Waals surface area (Å²) in [5.74, 6) is 0. The maximum absolute atomic E-state index is 3.06. The van der Waals surface area contributed by atoms with E-state index in [0.29, 0.717) is 0 Å². The maximum atomic E-state index is 2.50. The molecule has 0 amide bonds. The van der Waals surface area contributed by atoms with E-state index in [1.165, 1.54) is 97.4 Å². The second kappa shape index (κ2) is 19.4. The zero-order chi connectivity index (χ0) is 54.1. The quantitative estimate of drug-likeness (QED) is 0.0958. The van der Waals surface area contributed by atoms with Crippen molar-refractivity contribution in [3.05, 3.63) is 322 Å². The van der Waals surface area contributed by atoms with Crippen LogP contribution < -0.4 is 20.7 Å². The van der Waals surface area contributed by atoms with Gasteiger partial charge in [0.15, 0.2) is 8.07 Å². The molecule has 4 heteroatoms. The van der Waals surface area contributed by atoms with Crippen LogP contribution in [0, 0.1) is 0 Å². The van der Waals surface area contributed by atoms with Gasteiger partial charge in [-0.05, 0) is 115 Å². The molecule has 0 radical (unpaired) electrons. The van der Waals surface area contributed by atoms with Crippen molar-refractivity contribution >= 4 is 94.2 Å². The van der Waals surface area contributed by atoms with Gasteiger partial charge in [0.2, 0.25) is 0 Å². The van der Waals surface area contributed by atoms with Gasteiger partial charge in [-0.1, -0.05) is 261 Å². The van der Waals surface area contributed by atoms with Crippen molar-refractivity contribution in [2.75, 3.05) is 0 Å². The van der Waals surface area contributed by atoms with Crippen molar-refractivity contribution in [2.24, 2.45) is 0 Å². The number of nitrogens with zero attached hydrogens (tertiary/aromatic N) is 3. The van der Waals surface area contributed by atoms with Crippen molar-refractivity contribution in [3.63, 3.8) is 0 Å². The average molecular weight is 1060 g/mol. The summed E-state index contributed by atoms with van der Waals surface area (Å²) < 4.78 is 7.41. The number of rotatable bonds is 10. The lowest BCUT2D eigenvalue weighted by Crippen LogP contribution is -2.74. The Balaban J connectivity index is 0.943. The van der Waals surface area contributed by atoms with E-state index in [-0.39, 0.29) is 0 Å². The van der Waals surface area contributed by atoms with Crippen LogP contribution in [-0.4, -0.2) is 21.8 Å². The Morgan fingerprint density at radius 2 is 0.500 bits per heavy atom. The fourth-order valence-electron chi connectivity index (χ4n) is 13.5. The van der Waals surface area contributed by atoms with Crippen molar-refractivity contribution in [1.82, 2.24) is 13.7 Å². The van der Waals surface area contributed by atoms with E-state index in [9.17, 15) is 0 Å². The van der Waals surface area contributed by atoms with Gasteiger partial charge in [0.05, 0.1) is 33.1 Å². The molecule has 384 valence electrons. The Labute approximate surface area is 477 Å². The number of fused-ring (bicyclic) bond motifs is 9. The Bertz CT molecular complexity index is 4900. The van der Waals surface area contributed by atoms with E-state index in [1.807, 2.05) is 0 Å². The van der Waals surface area contributed by atoms with E-state index in [4.69, 9.17) is 0 Å². The molecule has 16 aromatic rings. The molecule has 3 heterocycles. The first-order valence-corrected chi connectivity index (χ1v) is 30.3. The molecule has 0 aliphatic rings. The summed E-state index contributed by atoms with van der Waals surface area (Å²) in [6.45, 7) is 0. The van der Waals surface area contributed by atoms with Crippen LogP contribution in [0.3, 0.4) is 0 Å². The van der Waals surface area contributed by atoms with Crippen LogP contribution in [0.2, 0.25) is 0 Å². The Hall–Kier alpha value is -10.5. The SMILES string of the molecule is c1ccc(-c2cccc([Si](c3ccccc3)(c3ccc(-c4cc(-n5c6ccccc6c6ccccc65)cc(-n5c6ccccc6c6ccc(-n7c8ccccc8c8ccccc87)cc65)c4)cc3)c3cccc(-c4ccccc4)c3)c2)cc1. The van der Waals surface area contributed by atoms with Crippen LogP contribution in [0.1, 0.15) is 0 Å². The summed E-state index contributed by atoms with van der Waals surface area (Å²) >= 11 is 0. The molecule has 0 aliphatic carbocycles. The number of hydrogen-bond donors (Lipinski definition) is 0.